The third-order valence-electron chi connectivity index (χ3n) is 7.45. The summed E-state index contributed by atoms with van der Waals surface area (Å²) in [7, 11) is 0. The summed E-state index contributed by atoms with van der Waals surface area (Å²) in [5.41, 5.74) is 0.370. The summed E-state index contributed by atoms with van der Waals surface area (Å²) in [6.07, 6.45) is 5.63. The number of fused-ring (bicyclic) bond motifs is 2. The molecule has 2 aliphatic carbocycles. The predicted octanol–water partition coefficient (Wildman–Crippen LogP) is 2.63. The molecule has 4 atom stereocenters. The van der Waals surface area contributed by atoms with Crippen LogP contribution in [0, 0.1) is 11.3 Å². The lowest BCUT2D eigenvalue weighted by molar-refractivity contribution is -0.171. The molecule has 2 saturated heterocycles. The first-order valence-electron chi connectivity index (χ1n) is 11.3. The van der Waals surface area contributed by atoms with Crippen molar-refractivity contribution in [1.82, 2.24) is 15.5 Å². The molecule has 1 spiro atoms. The highest BCUT2D eigenvalue weighted by molar-refractivity contribution is 7.10. The zero-order valence-electron chi connectivity index (χ0n) is 17.4. The molecule has 6 nitrogen and oxygen atoms in total. The first-order chi connectivity index (χ1) is 14.3. The van der Waals surface area contributed by atoms with Crippen LogP contribution >= 0.6 is 11.3 Å². The molecule has 2 N–H and O–H groups in total. The normalized spacial score (nSPS) is 32.3. The highest BCUT2D eigenvalue weighted by Gasteiger charge is 2.66. The van der Waals surface area contributed by atoms with Crippen molar-refractivity contribution < 1.29 is 9.47 Å². The van der Waals surface area contributed by atoms with E-state index >= 15 is 0 Å². The number of nitrogens with one attached hydrogen (secondary N) is 2. The molecule has 1 aromatic rings. The number of hydrogen-bond donors (Lipinski definition) is 2. The summed E-state index contributed by atoms with van der Waals surface area (Å²) in [4.78, 5) is 9.01. The van der Waals surface area contributed by atoms with Gasteiger partial charge in [-0.3, -0.25) is 9.89 Å². The van der Waals surface area contributed by atoms with Gasteiger partial charge in [0.1, 0.15) is 0 Å². The van der Waals surface area contributed by atoms with Crippen molar-refractivity contribution in [3.8, 4) is 0 Å². The van der Waals surface area contributed by atoms with Crippen LogP contribution in [0.3, 0.4) is 0 Å². The molecule has 160 valence electrons. The van der Waals surface area contributed by atoms with Gasteiger partial charge in [-0.1, -0.05) is 12.5 Å². The summed E-state index contributed by atoms with van der Waals surface area (Å²) in [5.74, 6) is 1.63. The molecule has 0 aromatic carbocycles. The molecule has 3 heterocycles. The third kappa shape index (κ3) is 3.60. The van der Waals surface area contributed by atoms with E-state index in [1.807, 2.05) is 11.3 Å². The molecule has 0 bridgehead atoms. The number of morpholine rings is 1. The van der Waals surface area contributed by atoms with Crippen LogP contribution in [0.2, 0.25) is 0 Å². The molecule has 0 amide bonds. The number of aliphatic imine (C=N–C) groups is 1. The van der Waals surface area contributed by atoms with Crippen LogP contribution in [-0.4, -0.2) is 69.0 Å². The van der Waals surface area contributed by atoms with Crippen molar-refractivity contribution in [1.29, 1.82) is 0 Å². The Balaban J connectivity index is 1.30. The first kappa shape index (κ1) is 19.8. The lowest BCUT2D eigenvalue weighted by Gasteiger charge is -2.63. The van der Waals surface area contributed by atoms with E-state index in [9.17, 15) is 0 Å². The van der Waals surface area contributed by atoms with E-state index in [1.54, 1.807) is 0 Å². The maximum absolute atomic E-state index is 6.09. The molecule has 5 rings (SSSR count). The number of thiophene rings is 1. The van der Waals surface area contributed by atoms with Gasteiger partial charge >= 0.3 is 0 Å². The minimum Gasteiger partial charge on any atom is -0.379 e. The maximum atomic E-state index is 6.09. The molecule has 4 unspecified atom stereocenters. The Morgan fingerprint density at radius 1 is 1.34 bits per heavy atom. The first-order valence-corrected chi connectivity index (χ1v) is 12.2. The van der Waals surface area contributed by atoms with Crippen LogP contribution in [0.1, 0.15) is 43.5 Å². The second kappa shape index (κ2) is 8.53. The molecule has 4 aliphatic rings. The van der Waals surface area contributed by atoms with Gasteiger partial charge in [0.05, 0.1) is 31.9 Å². The molecular formula is C22H34N4O2S. The average molecular weight is 419 g/mol. The van der Waals surface area contributed by atoms with Crippen molar-refractivity contribution in [3.63, 3.8) is 0 Å². The Kier molecular flexibility index (Phi) is 5.82. The van der Waals surface area contributed by atoms with Crippen LogP contribution in [0.5, 0.6) is 0 Å². The van der Waals surface area contributed by atoms with E-state index in [1.165, 1.54) is 30.6 Å². The Morgan fingerprint density at radius 2 is 2.21 bits per heavy atom. The van der Waals surface area contributed by atoms with Crippen LogP contribution in [0.4, 0.5) is 0 Å². The van der Waals surface area contributed by atoms with Crippen LogP contribution < -0.4 is 10.6 Å². The van der Waals surface area contributed by atoms with E-state index in [4.69, 9.17) is 14.5 Å². The Bertz CT molecular complexity index is 700. The zero-order chi connectivity index (χ0) is 19.7. The van der Waals surface area contributed by atoms with Gasteiger partial charge in [0.2, 0.25) is 0 Å². The predicted molar refractivity (Wildman–Crippen MR) is 116 cm³/mol. The quantitative estimate of drug-likeness (QED) is 0.549. The molecule has 2 aliphatic heterocycles. The topological polar surface area (TPSA) is 58.1 Å². The van der Waals surface area contributed by atoms with Gasteiger partial charge in [-0.15, -0.1) is 11.3 Å². The Morgan fingerprint density at radius 3 is 2.90 bits per heavy atom. The number of ether oxygens (including phenoxy) is 2. The lowest BCUT2D eigenvalue weighted by Crippen LogP contribution is -2.72. The minimum atomic E-state index is 0.330. The summed E-state index contributed by atoms with van der Waals surface area (Å²) >= 11 is 1.84. The van der Waals surface area contributed by atoms with Gasteiger partial charge in [0.15, 0.2) is 5.96 Å². The van der Waals surface area contributed by atoms with Crippen LogP contribution in [-0.2, 0) is 9.47 Å². The highest BCUT2D eigenvalue weighted by Crippen LogP contribution is 2.62. The smallest absolute Gasteiger partial charge is 0.191 e. The van der Waals surface area contributed by atoms with Gasteiger partial charge in [-0.05, 0) is 37.6 Å². The van der Waals surface area contributed by atoms with Crippen LogP contribution in [0.25, 0.3) is 0 Å². The monoisotopic (exact) mass is 418 g/mol. The van der Waals surface area contributed by atoms with Crippen molar-refractivity contribution in [2.75, 3.05) is 46.0 Å². The van der Waals surface area contributed by atoms with Gasteiger partial charge in [0, 0.05) is 48.5 Å². The largest absolute Gasteiger partial charge is 0.379 e. The number of rotatable bonds is 6. The molecule has 1 aromatic heterocycles. The zero-order valence-corrected chi connectivity index (χ0v) is 18.3. The standard InChI is InChI=1S/C22H34N4O2S/c1-2-23-21(25-19-16-6-11-28-20(16)22(19)7-4-8-22)24-15-17(18-5-3-14-29-18)26-9-12-27-13-10-26/h3,5,14,16-17,19-20H,2,4,6-13,15H2,1H3,(H2,23,24,25). The van der Waals surface area contributed by atoms with Gasteiger partial charge < -0.3 is 20.1 Å². The average Bonchev–Trinajstić information content (AvgIpc) is 3.37. The van der Waals surface area contributed by atoms with Crippen molar-refractivity contribution in [2.45, 2.75) is 50.8 Å². The summed E-state index contributed by atoms with van der Waals surface area (Å²) in [5, 5.41) is 9.52. The van der Waals surface area contributed by atoms with Crippen molar-refractivity contribution in [2.24, 2.45) is 16.3 Å². The molecule has 2 saturated carbocycles. The van der Waals surface area contributed by atoms with Crippen molar-refractivity contribution >= 4 is 17.3 Å². The molecular weight excluding hydrogens is 384 g/mol. The molecule has 4 fully saturated rings. The van der Waals surface area contributed by atoms with Crippen molar-refractivity contribution in [3.05, 3.63) is 22.4 Å². The summed E-state index contributed by atoms with van der Waals surface area (Å²) in [6.45, 7) is 8.34. The minimum absolute atomic E-state index is 0.330. The number of guanidine groups is 1. The van der Waals surface area contributed by atoms with Gasteiger partial charge in [0.25, 0.3) is 0 Å². The Hall–Kier alpha value is -1.15. The van der Waals surface area contributed by atoms with E-state index in [0.717, 1.165) is 52.0 Å². The Labute approximate surface area is 178 Å². The van der Waals surface area contributed by atoms with Gasteiger partial charge in [-0.2, -0.15) is 0 Å². The SMILES string of the molecule is CCNC(=NCC(c1cccs1)N1CCOCC1)NC1C2CCOC2C12CCC2. The number of hydrogen-bond acceptors (Lipinski definition) is 5. The molecule has 0 radical (unpaired) electrons. The van der Waals surface area contributed by atoms with E-state index in [0.29, 0.717) is 29.5 Å². The van der Waals surface area contributed by atoms with Crippen LogP contribution in [0.15, 0.2) is 22.5 Å². The fourth-order valence-electron chi connectivity index (χ4n) is 5.86. The van der Waals surface area contributed by atoms with E-state index in [2.05, 4.69) is 40.0 Å². The maximum Gasteiger partial charge on any atom is 0.191 e. The lowest BCUT2D eigenvalue weighted by atomic mass is 9.46. The summed E-state index contributed by atoms with van der Waals surface area (Å²) < 4.78 is 11.7. The molecule has 29 heavy (non-hydrogen) atoms. The molecule has 7 heteroatoms. The fraction of sp³-hybridized carbons (Fsp3) is 0.773. The summed E-state index contributed by atoms with van der Waals surface area (Å²) in [6, 6.07) is 5.24. The second-order valence-electron chi connectivity index (χ2n) is 8.85. The van der Waals surface area contributed by atoms with E-state index < -0.39 is 0 Å². The fourth-order valence-corrected chi connectivity index (χ4v) is 6.71. The number of nitrogens with zero attached hydrogens (tertiary/aromatic N) is 2. The second-order valence-corrected chi connectivity index (χ2v) is 9.83. The van der Waals surface area contributed by atoms with Gasteiger partial charge in [-0.25, -0.2) is 0 Å². The third-order valence-corrected chi connectivity index (χ3v) is 8.43. The van der Waals surface area contributed by atoms with E-state index in [-0.39, 0.29) is 0 Å². The highest BCUT2D eigenvalue weighted by atomic mass is 32.1.